The van der Waals surface area contributed by atoms with E-state index in [1.807, 2.05) is 0 Å². The van der Waals surface area contributed by atoms with E-state index in [-0.39, 0.29) is 11.9 Å². The number of benzene rings is 1. The van der Waals surface area contributed by atoms with Crippen LogP contribution in [0, 0.1) is 0 Å². The Labute approximate surface area is 70.5 Å². The lowest BCUT2D eigenvalue weighted by Crippen LogP contribution is -2.38. The van der Waals surface area contributed by atoms with Crippen molar-refractivity contribution in [3.05, 3.63) is 24.3 Å². The zero-order valence-corrected chi connectivity index (χ0v) is 6.56. The highest BCUT2D eigenvalue weighted by atomic mass is 16.6. The van der Waals surface area contributed by atoms with Crippen LogP contribution in [0.25, 0.3) is 0 Å². The van der Waals surface area contributed by atoms with Gasteiger partial charge in [0.1, 0.15) is 17.6 Å². The van der Waals surface area contributed by atoms with E-state index in [2.05, 4.69) is 0 Å². The van der Waals surface area contributed by atoms with Crippen LogP contribution in [0.2, 0.25) is 0 Å². The molecule has 3 nitrogen and oxygen atoms in total. The standard InChI is InChI=1S/C9H10O3/c10-7-1-3-8(4-2-7)12-9-5-11-6-9/h1-4,9-10H,5-6H2. The van der Waals surface area contributed by atoms with E-state index in [1.54, 1.807) is 24.3 Å². The minimum absolute atomic E-state index is 0.189. The lowest BCUT2D eigenvalue weighted by atomic mass is 10.3. The fourth-order valence-electron chi connectivity index (χ4n) is 0.999. The van der Waals surface area contributed by atoms with Crippen LogP contribution in [-0.4, -0.2) is 24.4 Å². The van der Waals surface area contributed by atoms with Gasteiger partial charge in [0, 0.05) is 0 Å². The lowest BCUT2D eigenvalue weighted by molar-refractivity contribution is -0.0796. The average molecular weight is 166 g/mol. The van der Waals surface area contributed by atoms with Gasteiger partial charge in [0.15, 0.2) is 0 Å². The van der Waals surface area contributed by atoms with E-state index in [1.165, 1.54) is 0 Å². The fourth-order valence-corrected chi connectivity index (χ4v) is 0.999. The number of ether oxygens (including phenoxy) is 2. The molecule has 0 aromatic heterocycles. The molecule has 1 heterocycles. The monoisotopic (exact) mass is 166 g/mol. The summed E-state index contributed by atoms with van der Waals surface area (Å²) in [4.78, 5) is 0. The molecule has 0 saturated carbocycles. The van der Waals surface area contributed by atoms with Crippen molar-refractivity contribution >= 4 is 0 Å². The van der Waals surface area contributed by atoms with Crippen molar-refractivity contribution in [2.75, 3.05) is 13.2 Å². The van der Waals surface area contributed by atoms with Crippen LogP contribution < -0.4 is 4.74 Å². The first-order valence-electron chi connectivity index (χ1n) is 3.88. The number of rotatable bonds is 2. The molecule has 1 aliphatic rings. The molecule has 1 aromatic rings. The SMILES string of the molecule is Oc1ccc(OC2COC2)cc1. The summed E-state index contributed by atoms with van der Waals surface area (Å²) in [6.07, 6.45) is 0.189. The lowest BCUT2D eigenvalue weighted by Gasteiger charge is -2.26. The van der Waals surface area contributed by atoms with Gasteiger partial charge in [-0.3, -0.25) is 0 Å². The largest absolute Gasteiger partial charge is 0.508 e. The van der Waals surface area contributed by atoms with E-state index in [9.17, 15) is 0 Å². The zero-order chi connectivity index (χ0) is 8.39. The maximum absolute atomic E-state index is 8.98. The Bertz CT molecular complexity index is 251. The topological polar surface area (TPSA) is 38.7 Å². The molecule has 3 heteroatoms. The van der Waals surface area contributed by atoms with Gasteiger partial charge >= 0.3 is 0 Å². The predicted molar refractivity (Wildman–Crippen MR) is 43.3 cm³/mol. The highest BCUT2D eigenvalue weighted by molar-refractivity contribution is 5.30. The van der Waals surface area contributed by atoms with Crippen LogP contribution in [0.3, 0.4) is 0 Å². The van der Waals surface area contributed by atoms with Crippen molar-refractivity contribution in [2.45, 2.75) is 6.10 Å². The van der Waals surface area contributed by atoms with Gasteiger partial charge < -0.3 is 14.6 Å². The molecule has 1 N–H and O–H groups in total. The van der Waals surface area contributed by atoms with Crippen molar-refractivity contribution < 1.29 is 14.6 Å². The van der Waals surface area contributed by atoms with Crippen LogP contribution in [0.5, 0.6) is 11.5 Å². The Morgan fingerprint density at radius 2 is 1.92 bits per heavy atom. The van der Waals surface area contributed by atoms with E-state index in [4.69, 9.17) is 14.6 Å². The third kappa shape index (κ3) is 1.51. The first kappa shape index (κ1) is 7.43. The molecule has 12 heavy (non-hydrogen) atoms. The molecule has 0 radical (unpaired) electrons. The fraction of sp³-hybridized carbons (Fsp3) is 0.333. The van der Waals surface area contributed by atoms with Crippen LogP contribution in [-0.2, 0) is 4.74 Å². The minimum Gasteiger partial charge on any atom is -0.508 e. The molecule has 0 aliphatic carbocycles. The predicted octanol–water partition coefficient (Wildman–Crippen LogP) is 1.17. The summed E-state index contributed by atoms with van der Waals surface area (Å²) in [5, 5.41) is 8.98. The van der Waals surface area contributed by atoms with Crippen LogP contribution in [0.1, 0.15) is 0 Å². The summed E-state index contributed by atoms with van der Waals surface area (Å²) in [7, 11) is 0. The summed E-state index contributed by atoms with van der Waals surface area (Å²) in [5.41, 5.74) is 0. The highest BCUT2D eigenvalue weighted by Crippen LogP contribution is 2.18. The van der Waals surface area contributed by atoms with Crippen molar-refractivity contribution in [1.29, 1.82) is 0 Å². The van der Waals surface area contributed by atoms with E-state index >= 15 is 0 Å². The maximum atomic E-state index is 8.98. The minimum atomic E-state index is 0.189. The first-order chi connectivity index (χ1) is 5.84. The first-order valence-corrected chi connectivity index (χ1v) is 3.88. The molecular weight excluding hydrogens is 156 g/mol. The van der Waals surface area contributed by atoms with Crippen LogP contribution >= 0.6 is 0 Å². The summed E-state index contributed by atoms with van der Waals surface area (Å²) in [5.74, 6) is 1.04. The van der Waals surface area contributed by atoms with Gasteiger partial charge in [-0.2, -0.15) is 0 Å². The second-order valence-electron chi connectivity index (χ2n) is 2.77. The Kier molecular flexibility index (Phi) is 1.87. The molecule has 0 bridgehead atoms. The molecule has 0 unspecified atom stereocenters. The summed E-state index contributed by atoms with van der Waals surface area (Å²) >= 11 is 0. The Hall–Kier alpha value is -1.22. The Balaban J connectivity index is 1.98. The third-order valence-corrected chi connectivity index (χ3v) is 1.75. The summed E-state index contributed by atoms with van der Waals surface area (Å²) in [6.45, 7) is 1.34. The maximum Gasteiger partial charge on any atom is 0.145 e. The highest BCUT2D eigenvalue weighted by Gasteiger charge is 2.19. The van der Waals surface area contributed by atoms with Crippen molar-refractivity contribution in [1.82, 2.24) is 0 Å². The van der Waals surface area contributed by atoms with Crippen molar-refractivity contribution in [3.8, 4) is 11.5 Å². The van der Waals surface area contributed by atoms with Gasteiger partial charge in [0.2, 0.25) is 0 Å². The van der Waals surface area contributed by atoms with Crippen molar-refractivity contribution in [3.63, 3.8) is 0 Å². The second-order valence-corrected chi connectivity index (χ2v) is 2.77. The number of phenolic OH excluding ortho intramolecular Hbond substituents is 1. The molecule has 1 saturated heterocycles. The second kappa shape index (κ2) is 3.03. The molecule has 1 aliphatic heterocycles. The van der Waals surface area contributed by atoms with E-state index < -0.39 is 0 Å². The third-order valence-electron chi connectivity index (χ3n) is 1.75. The molecule has 0 atom stereocenters. The average Bonchev–Trinajstić information content (AvgIpc) is 2.00. The molecular formula is C9H10O3. The zero-order valence-electron chi connectivity index (χ0n) is 6.56. The summed E-state index contributed by atoms with van der Waals surface area (Å²) < 4.78 is 10.4. The number of phenols is 1. The number of hydrogen-bond acceptors (Lipinski definition) is 3. The van der Waals surface area contributed by atoms with Gasteiger partial charge in [0.25, 0.3) is 0 Å². The molecule has 64 valence electrons. The van der Waals surface area contributed by atoms with Crippen LogP contribution in [0.15, 0.2) is 24.3 Å². The smallest absolute Gasteiger partial charge is 0.145 e. The molecule has 0 spiro atoms. The van der Waals surface area contributed by atoms with Gasteiger partial charge in [-0.15, -0.1) is 0 Å². The Morgan fingerprint density at radius 3 is 2.42 bits per heavy atom. The van der Waals surface area contributed by atoms with E-state index in [0.29, 0.717) is 13.2 Å². The molecule has 2 rings (SSSR count). The van der Waals surface area contributed by atoms with Gasteiger partial charge in [-0.1, -0.05) is 0 Å². The Morgan fingerprint density at radius 1 is 1.25 bits per heavy atom. The molecule has 1 aromatic carbocycles. The van der Waals surface area contributed by atoms with E-state index in [0.717, 1.165) is 5.75 Å². The van der Waals surface area contributed by atoms with Gasteiger partial charge in [0.05, 0.1) is 13.2 Å². The van der Waals surface area contributed by atoms with Gasteiger partial charge in [-0.05, 0) is 24.3 Å². The van der Waals surface area contributed by atoms with Crippen molar-refractivity contribution in [2.24, 2.45) is 0 Å². The number of hydrogen-bond donors (Lipinski definition) is 1. The van der Waals surface area contributed by atoms with Gasteiger partial charge in [-0.25, -0.2) is 0 Å². The van der Waals surface area contributed by atoms with Crippen LogP contribution in [0.4, 0.5) is 0 Å². The number of aromatic hydroxyl groups is 1. The molecule has 1 fully saturated rings. The summed E-state index contributed by atoms with van der Waals surface area (Å²) in [6, 6.07) is 6.70. The quantitative estimate of drug-likeness (QED) is 0.716. The molecule has 0 amide bonds. The normalized spacial score (nSPS) is 17.0.